The molecule has 0 fully saturated rings. The number of thiophene rings is 1. The summed E-state index contributed by atoms with van der Waals surface area (Å²) in [6, 6.07) is 38.3. The number of fused-ring (bicyclic) bond motifs is 18. The number of carbonyl (C=O) groups is 9. The van der Waals surface area contributed by atoms with Crippen molar-refractivity contribution in [1.82, 2.24) is 21.3 Å². The number of amides is 5. The van der Waals surface area contributed by atoms with Crippen LogP contribution in [-0.2, 0) is 84.7 Å². The summed E-state index contributed by atoms with van der Waals surface area (Å²) in [7, 11) is 0. The Morgan fingerprint density at radius 1 is 0.566 bits per heavy atom. The molecule has 0 unspecified atom stereocenters. The summed E-state index contributed by atoms with van der Waals surface area (Å²) in [6.45, 7) is 1.97. The number of ether oxygens (including phenoxy) is 2. The summed E-state index contributed by atoms with van der Waals surface area (Å²) in [5.41, 5.74) is 4.31. The number of carboxylic acid groups (broad SMARTS) is 1. The highest BCUT2D eigenvalue weighted by Crippen LogP contribution is 2.23. The van der Waals surface area contributed by atoms with E-state index >= 15 is 0 Å². The largest absolute Gasteiger partial charge is 0.480 e. The maximum atomic E-state index is 15.0. The molecule has 18 heteroatoms. The Balaban J connectivity index is 1.31. The number of anilines is 1. The van der Waals surface area contributed by atoms with Crippen LogP contribution in [0.2, 0.25) is 0 Å². The molecule has 3 heterocycles. The van der Waals surface area contributed by atoms with Crippen molar-refractivity contribution in [1.29, 1.82) is 0 Å². The van der Waals surface area contributed by atoms with E-state index in [9.17, 15) is 48.3 Å². The minimum atomic E-state index is -2.13. The molecule has 17 nitrogen and oxygen atoms in total. The van der Waals surface area contributed by atoms with Crippen molar-refractivity contribution in [2.45, 2.75) is 88.7 Å². The number of aliphatic carboxylic acids is 1. The standard InChI is InChI=1S/C58H57N5O12S/c1-35(64)74-51-52(75-36(2)65)57(71)62-48(34-45-19-12-28-76-45)55(69)61-47(31-40-20-24-42(25-21-40)41-17-10-5-11-18-41)54(68)60-46(30-37-13-6-3-7-14-37)50(66)33-43(29-39-22-26-44(27-23-39)59-56(51)70)53(67)63-49(58(72)73)32-38-15-8-4-9-16-38/h3-28,43,46-49,51-52H,29-34H2,1-2H3,(H,59,70)(H,60,68)(H,61,69)(H,62,71)(H,63,67)(H,72,73)/t43-,46-,47+,48-,49-,51+,52+/m0/s1. The third-order valence-electron chi connectivity index (χ3n) is 12.5. The highest BCUT2D eigenvalue weighted by atomic mass is 32.1. The third-order valence-corrected chi connectivity index (χ3v) is 13.4. The van der Waals surface area contributed by atoms with Gasteiger partial charge >= 0.3 is 17.9 Å². The lowest BCUT2D eigenvalue weighted by molar-refractivity contribution is -0.173. The lowest BCUT2D eigenvalue weighted by Gasteiger charge is -2.28. The number of hydrogen-bond acceptors (Lipinski definition) is 12. The van der Waals surface area contributed by atoms with Crippen molar-refractivity contribution >= 4 is 70.3 Å². The van der Waals surface area contributed by atoms with Crippen LogP contribution in [0.5, 0.6) is 0 Å². The van der Waals surface area contributed by atoms with E-state index in [0.717, 1.165) is 25.0 Å². The van der Waals surface area contributed by atoms with Gasteiger partial charge in [0.2, 0.25) is 29.9 Å². The van der Waals surface area contributed by atoms with Gasteiger partial charge in [-0.3, -0.25) is 38.4 Å². The van der Waals surface area contributed by atoms with Crippen LogP contribution in [0.25, 0.3) is 11.1 Å². The number of ketones is 1. The molecule has 2 aliphatic rings. The molecule has 6 N–H and O–H groups in total. The smallest absolute Gasteiger partial charge is 0.326 e. The number of hydrogen-bond donors (Lipinski definition) is 6. The van der Waals surface area contributed by atoms with Crippen LogP contribution < -0.4 is 26.6 Å². The molecule has 392 valence electrons. The first kappa shape index (κ1) is 55.0. The monoisotopic (exact) mass is 1050 g/mol. The average Bonchev–Trinajstić information content (AvgIpc) is 3.93. The molecule has 2 aliphatic heterocycles. The molecule has 5 amide bonds. The summed E-state index contributed by atoms with van der Waals surface area (Å²) in [4.78, 5) is 126. The topological polar surface area (TPSA) is 252 Å². The van der Waals surface area contributed by atoms with E-state index in [1.165, 1.54) is 23.5 Å². The molecule has 0 radical (unpaired) electrons. The van der Waals surface area contributed by atoms with Crippen molar-refractivity contribution in [2.24, 2.45) is 5.92 Å². The highest BCUT2D eigenvalue weighted by molar-refractivity contribution is 7.09. The van der Waals surface area contributed by atoms with Gasteiger partial charge in [-0.2, -0.15) is 0 Å². The van der Waals surface area contributed by atoms with Gasteiger partial charge in [-0.05, 0) is 69.8 Å². The Morgan fingerprint density at radius 2 is 1.08 bits per heavy atom. The van der Waals surface area contributed by atoms with Gasteiger partial charge in [0.15, 0.2) is 5.78 Å². The number of esters is 2. The highest BCUT2D eigenvalue weighted by Gasteiger charge is 2.42. The van der Waals surface area contributed by atoms with E-state index in [1.54, 1.807) is 102 Å². The molecule has 0 aliphatic carbocycles. The molecule has 0 saturated heterocycles. The molecule has 5 aromatic carbocycles. The number of Topliss-reactive ketones (excluding diaryl/α,β-unsaturated/α-hetero) is 1. The summed E-state index contributed by atoms with van der Waals surface area (Å²) >= 11 is 1.27. The quantitative estimate of drug-likeness (QED) is 0.0598. The van der Waals surface area contributed by atoms with Gasteiger partial charge in [-0.25, -0.2) is 4.79 Å². The van der Waals surface area contributed by atoms with Crippen molar-refractivity contribution in [3.8, 4) is 11.1 Å². The first-order chi connectivity index (χ1) is 36.6. The molecular formula is C58H57N5O12S. The van der Waals surface area contributed by atoms with Crippen molar-refractivity contribution in [3.63, 3.8) is 0 Å². The zero-order valence-corrected chi connectivity index (χ0v) is 42.5. The molecule has 0 spiro atoms. The predicted molar refractivity (Wildman–Crippen MR) is 282 cm³/mol. The van der Waals surface area contributed by atoms with Crippen LogP contribution in [-0.4, -0.2) is 94.7 Å². The molecule has 1 aromatic heterocycles. The first-order valence-corrected chi connectivity index (χ1v) is 25.4. The normalized spacial score (nSPS) is 20.1. The molecule has 8 rings (SSSR count). The van der Waals surface area contributed by atoms with Crippen LogP contribution in [0.15, 0.2) is 157 Å². The van der Waals surface area contributed by atoms with Crippen LogP contribution >= 0.6 is 11.3 Å². The molecule has 76 heavy (non-hydrogen) atoms. The summed E-state index contributed by atoms with van der Waals surface area (Å²) in [6.07, 6.45) is -5.18. The van der Waals surface area contributed by atoms with Gasteiger partial charge in [0.1, 0.15) is 18.1 Å². The van der Waals surface area contributed by atoms with Gasteiger partial charge < -0.3 is 41.2 Å². The van der Waals surface area contributed by atoms with E-state index in [1.807, 2.05) is 42.5 Å². The Hall–Kier alpha value is -8.77. The van der Waals surface area contributed by atoms with Crippen molar-refractivity contribution in [3.05, 3.63) is 184 Å². The third kappa shape index (κ3) is 15.9. The minimum Gasteiger partial charge on any atom is -0.480 e. The van der Waals surface area contributed by atoms with Gasteiger partial charge in [-0.1, -0.05) is 133 Å². The number of carbonyl (C=O) groups excluding carboxylic acids is 8. The first-order valence-electron chi connectivity index (χ1n) is 24.5. The number of carboxylic acids is 1. The summed E-state index contributed by atoms with van der Waals surface area (Å²) in [5.74, 6) is -9.82. The van der Waals surface area contributed by atoms with Crippen LogP contribution in [0.4, 0.5) is 5.69 Å². The van der Waals surface area contributed by atoms with E-state index in [0.29, 0.717) is 27.1 Å². The van der Waals surface area contributed by atoms with Crippen LogP contribution in [0.1, 0.15) is 47.4 Å². The lowest BCUT2D eigenvalue weighted by Crippen LogP contribution is -2.59. The van der Waals surface area contributed by atoms with Gasteiger partial charge in [0.05, 0.1) is 6.04 Å². The summed E-state index contributed by atoms with van der Waals surface area (Å²) in [5, 5.41) is 25.5. The second-order valence-electron chi connectivity index (χ2n) is 18.3. The fraction of sp³-hybridized carbons (Fsp3) is 0.259. The predicted octanol–water partition coefficient (Wildman–Crippen LogP) is 5.34. The lowest BCUT2D eigenvalue weighted by atomic mass is 9.89. The van der Waals surface area contributed by atoms with Gasteiger partial charge in [0, 0.05) is 56.0 Å². The van der Waals surface area contributed by atoms with Crippen LogP contribution in [0.3, 0.4) is 0 Å². The molecular weight excluding hydrogens is 991 g/mol. The second-order valence-corrected chi connectivity index (χ2v) is 19.4. The van der Waals surface area contributed by atoms with E-state index in [-0.39, 0.29) is 37.8 Å². The summed E-state index contributed by atoms with van der Waals surface area (Å²) < 4.78 is 10.7. The van der Waals surface area contributed by atoms with Crippen molar-refractivity contribution in [2.75, 3.05) is 5.32 Å². The molecule has 7 atom stereocenters. The average molecular weight is 1050 g/mol. The van der Waals surface area contributed by atoms with E-state index in [4.69, 9.17) is 9.47 Å². The fourth-order valence-corrected chi connectivity index (χ4v) is 9.46. The molecule has 0 saturated carbocycles. The van der Waals surface area contributed by atoms with Crippen LogP contribution in [0, 0.1) is 5.92 Å². The fourth-order valence-electron chi connectivity index (χ4n) is 8.71. The van der Waals surface area contributed by atoms with Crippen molar-refractivity contribution < 1.29 is 57.7 Å². The zero-order chi connectivity index (χ0) is 54.1. The molecule has 6 aromatic rings. The Labute approximate surface area is 442 Å². The maximum Gasteiger partial charge on any atom is 0.326 e. The Bertz CT molecular complexity index is 2990. The minimum absolute atomic E-state index is 0.0373. The van der Waals surface area contributed by atoms with E-state index < -0.39 is 102 Å². The zero-order valence-electron chi connectivity index (χ0n) is 41.6. The maximum absolute atomic E-state index is 15.0. The Morgan fingerprint density at radius 3 is 1.66 bits per heavy atom. The number of nitrogens with one attached hydrogen (secondary N) is 5. The van der Waals surface area contributed by atoms with E-state index in [2.05, 4.69) is 26.6 Å². The van der Waals surface area contributed by atoms with Gasteiger partial charge in [-0.15, -0.1) is 11.3 Å². The SMILES string of the molecule is CC(=O)O[C@H]1C(=O)Nc2ccc(cc2)C[C@H](C(=O)N[C@@H](Cc2ccccc2)C(=O)O)CC(=O)[C@H](Cc2ccccc2)NC(=O)[C@@H](Cc2ccc(-c3ccccc3)cc2)NC(=O)[C@H](Cc2cccs2)NC(=O)[C@@H]1OC(C)=O. The van der Waals surface area contributed by atoms with Gasteiger partial charge in [0.25, 0.3) is 11.8 Å². The number of benzene rings is 5. The number of rotatable bonds is 14. The molecule has 2 bridgehead atoms. The Kier molecular flexibility index (Phi) is 19.1. The second kappa shape index (κ2) is 26.4.